The third kappa shape index (κ3) is 6.97. The number of amides is 1. The molecule has 0 radical (unpaired) electrons. The monoisotopic (exact) mass is 634 g/mol. The van der Waals surface area contributed by atoms with E-state index >= 15 is 0 Å². The van der Waals surface area contributed by atoms with Gasteiger partial charge in [-0.25, -0.2) is 0 Å². The first kappa shape index (κ1) is 28.8. The number of rotatable bonds is 7. The van der Waals surface area contributed by atoms with Gasteiger partial charge in [0, 0.05) is 0 Å². The molecule has 10 heteroatoms. The standard InChI is InChI=1S/C31H26AsF3N4OS/c1-18(2)27-14-13-25-28(36-17-37-29(25)39-27)32-26-16-24(10-7-19(26)3)41-23-11-8-22(9-12-23)38-30(40)20-5-4-6-21(15-20)31(33,34)35/h4-18,32H,1-3H3,(H,38,40). The van der Waals surface area contributed by atoms with Gasteiger partial charge in [-0.15, -0.1) is 0 Å². The summed E-state index contributed by atoms with van der Waals surface area (Å²) in [5.74, 6) is -0.275. The number of benzene rings is 3. The number of alkyl halides is 3. The van der Waals surface area contributed by atoms with Crippen molar-refractivity contribution in [1.82, 2.24) is 15.0 Å². The third-order valence-corrected chi connectivity index (χ3v) is 10.4. The number of carbonyl (C=O) groups is 1. The maximum atomic E-state index is 13.0. The molecule has 0 fully saturated rings. The number of hydrogen-bond acceptors (Lipinski definition) is 5. The van der Waals surface area contributed by atoms with Crippen molar-refractivity contribution in [3.05, 3.63) is 108 Å². The van der Waals surface area contributed by atoms with E-state index in [9.17, 15) is 18.0 Å². The molecule has 3 aromatic carbocycles. The average Bonchev–Trinajstić information content (AvgIpc) is 2.95. The molecule has 5 nitrogen and oxygen atoms in total. The number of aryl methyl sites for hydroxylation is 1. The van der Waals surface area contributed by atoms with E-state index in [1.807, 2.05) is 12.1 Å². The molecule has 0 bridgehead atoms. The minimum atomic E-state index is -4.51. The Kier molecular flexibility index (Phi) is 8.47. The van der Waals surface area contributed by atoms with Crippen LogP contribution < -0.4 is 14.1 Å². The van der Waals surface area contributed by atoms with Crippen LogP contribution in [0.3, 0.4) is 0 Å². The second-order valence-corrected chi connectivity index (χ2v) is 13.5. The van der Waals surface area contributed by atoms with Gasteiger partial charge in [-0.2, -0.15) is 13.2 Å². The van der Waals surface area contributed by atoms with Crippen LogP contribution in [0, 0.1) is 6.92 Å². The molecule has 41 heavy (non-hydrogen) atoms. The maximum absolute atomic E-state index is 13.0. The van der Waals surface area contributed by atoms with Crippen LogP contribution in [0.1, 0.15) is 46.9 Å². The van der Waals surface area contributed by atoms with Crippen LogP contribution in [-0.2, 0) is 6.18 Å². The van der Waals surface area contributed by atoms with Gasteiger partial charge >= 0.3 is 217 Å². The molecule has 0 aliphatic heterocycles. The molecule has 5 aromatic rings. The fraction of sp³-hybridized carbons (Fsp3) is 0.161. The van der Waals surface area contributed by atoms with Crippen LogP contribution in [0.15, 0.2) is 95.0 Å². The predicted molar refractivity (Wildman–Crippen MR) is 159 cm³/mol. The zero-order chi connectivity index (χ0) is 29.1. The Balaban J connectivity index is 1.29. The SMILES string of the molecule is Cc1ccc(Sc2ccc(NC(=O)c3cccc(C(F)(F)F)c3)cc2)cc1[AsH]c1ncnc2nc(C(C)C)ccc12. The van der Waals surface area contributed by atoms with Crippen molar-refractivity contribution in [3.63, 3.8) is 0 Å². The number of hydrogen-bond donors (Lipinski definition) is 1. The van der Waals surface area contributed by atoms with Crippen LogP contribution >= 0.6 is 11.8 Å². The summed E-state index contributed by atoms with van der Waals surface area (Å²) in [6.07, 6.45) is -2.91. The molecule has 1 N–H and O–H groups in total. The predicted octanol–water partition coefficient (Wildman–Crippen LogP) is 6.27. The molecule has 1 amide bonds. The van der Waals surface area contributed by atoms with Crippen molar-refractivity contribution in [2.45, 2.75) is 42.7 Å². The number of pyridine rings is 1. The van der Waals surface area contributed by atoms with Gasteiger partial charge in [0.05, 0.1) is 5.56 Å². The molecular weight excluding hydrogens is 608 g/mol. The second-order valence-electron chi connectivity index (χ2n) is 9.75. The molecule has 0 aliphatic carbocycles. The van der Waals surface area contributed by atoms with Crippen molar-refractivity contribution in [1.29, 1.82) is 0 Å². The van der Waals surface area contributed by atoms with E-state index in [0.717, 1.165) is 43.1 Å². The van der Waals surface area contributed by atoms with Crippen LogP contribution in [0.4, 0.5) is 18.9 Å². The number of nitrogens with zero attached hydrogens (tertiary/aromatic N) is 3. The summed E-state index contributed by atoms with van der Waals surface area (Å²) >= 11 is 0.844. The van der Waals surface area contributed by atoms with Crippen molar-refractivity contribution in [2.75, 3.05) is 5.32 Å². The summed E-state index contributed by atoms with van der Waals surface area (Å²) in [6, 6.07) is 22.1. The summed E-state index contributed by atoms with van der Waals surface area (Å²) in [5.41, 5.74) is 2.54. The Morgan fingerprint density at radius 2 is 1.68 bits per heavy atom. The minimum absolute atomic E-state index is 0.0539. The fourth-order valence-electron chi connectivity index (χ4n) is 4.09. The van der Waals surface area contributed by atoms with E-state index in [-0.39, 0.29) is 5.56 Å². The zero-order valence-electron chi connectivity index (χ0n) is 22.5. The number of anilines is 1. The normalized spacial score (nSPS) is 12.0. The number of carbonyl (C=O) groups excluding carboxylic acids is 1. The number of halogens is 3. The fourth-order valence-corrected chi connectivity index (χ4v) is 7.71. The van der Waals surface area contributed by atoms with Crippen molar-refractivity contribution >= 4 is 59.0 Å². The summed E-state index contributed by atoms with van der Waals surface area (Å²) in [6.45, 7) is 6.33. The molecule has 208 valence electrons. The molecule has 0 saturated carbocycles. The van der Waals surface area contributed by atoms with Gasteiger partial charge in [-0.1, -0.05) is 6.07 Å². The van der Waals surface area contributed by atoms with Gasteiger partial charge in [0.2, 0.25) is 0 Å². The van der Waals surface area contributed by atoms with Gasteiger partial charge in [0.15, 0.2) is 0 Å². The van der Waals surface area contributed by atoms with Gasteiger partial charge in [-0.3, -0.25) is 0 Å². The van der Waals surface area contributed by atoms with Gasteiger partial charge < -0.3 is 0 Å². The van der Waals surface area contributed by atoms with Crippen LogP contribution in [-0.4, -0.2) is 36.6 Å². The average molecular weight is 635 g/mol. The Labute approximate surface area is 246 Å². The Morgan fingerprint density at radius 1 is 0.927 bits per heavy atom. The Morgan fingerprint density at radius 3 is 2.41 bits per heavy atom. The molecular formula is C31H26AsF3N4OS. The number of aromatic nitrogens is 3. The summed E-state index contributed by atoms with van der Waals surface area (Å²) in [4.78, 5) is 28.3. The molecule has 0 saturated heterocycles. The topological polar surface area (TPSA) is 67.8 Å². The van der Waals surface area contributed by atoms with Gasteiger partial charge in [0.1, 0.15) is 0 Å². The first-order valence-electron chi connectivity index (χ1n) is 12.8. The van der Waals surface area contributed by atoms with E-state index < -0.39 is 33.4 Å². The number of nitrogens with one attached hydrogen (secondary N) is 1. The quantitative estimate of drug-likeness (QED) is 0.214. The Hall–Kier alpha value is -3.68. The second kappa shape index (κ2) is 12.0. The molecule has 5 rings (SSSR count). The van der Waals surface area contributed by atoms with Gasteiger partial charge in [-0.05, 0) is 6.07 Å². The summed E-state index contributed by atoms with van der Waals surface area (Å²) in [7, 11) is 0. The molecule has 1 unspecified atom stereocenters. The van der Waals surface area contributed by atoms with Crippen LogP contribution in [0.2, 0.25) is 0 Å². The van der Waals surface area contributed by atoms with E-state index in [1.54, 1.807) is 30.2 Å². The van der Waals surface area contributed by atoms with E-state index in [4.69, 9.17) is 4.98 Å². The van der Waals surface area contributed by atoms with Crippen molar-refractivity contribution in [2.24, 2.45) is 0 Å². The molecule has 2 aromatic heterocycles. The van der Waals surface area contributed by atoms with Gasteiger partial charge in [0.25, 0.3) is 0 Å². The first-order chi connectivity index (χ1) is 19.6. The summed E-state index contributed by atoms with van der Waals surface area (Å²) < 4.78 is 41.3. The van der Waals surface area contributed by atoms with E-state index in [0.29, 0.717) is 11.6 Å². The third-order valence-electron chi connectivity index (χ3n) is 6.37. The Bertz CT molecular complexity index is 1730. The molecule has 1 atom stereocenters. The number of fused-ring (bicyclic) bond motifs is 1. The van der Waals surface area contributed by atoms with Crippen LogP contribution in [0.5, 0.6) is 0 Å². The zero-order valence-corrected chi connectivity index (χ0v) is 25.4. The summed E-state index contributed by atoms with van der Waals surface area (Å²) in [5, 5.41) is 3.67. The van der Waals surface area contributed by atoms with Crippen molar-refractivity contribution in [3.8, 4) is 0 Å². The van der Waals surface area contributed by atoms with E-state index in [1.165, 1.54) is 22.0 Å². The van der Waals surface area contributed by atoms with E-state index in [2.05, 4.69) is 66.4 Å². The molecule has 0 spiro atoms. The van der Waals surface area contributed by atoms with Crippen molar-refractivity contribution < 1.29 is 18.0 Å². The molecule has 2 heterocycles. The first-order valence-corrected chi connectivity index (χ1v) is 15.7. The van der Waals surface area contributed by atoms with Crippen LogP contribution in [0.25, 0.3) is 11.0 Å². The molecule has 0 aliphatic rings.